The topological polar surface area (TPSA) is 105 Å². The Hall–Kier alpha value is -2.29. The maximum absolute atomic E-state index is 12.3. The quantitative estimate of drug-likeness (QED) is 0.793. The second-order valence-corrected chi connectivity index (χ2v) is 5.16. The van der Waals surface area contributed by atoms with E-state index in [-0.39, 0.29) is 5.91 Å². The third kappa shape index (κ3) is 3.07. The maximum Gasteiger partial charge on any atom is 0.276 e. The minimum Gasteiger partial charge on any atom is -0.333 e. The van der Waals surface area contributed by atoms with Crippen LogP contribution in [-0.2, 0) is 6.54 Å². The van der Waals surface area contributed by atoms with E-state index < -0.39 is 0 Å². The smallest absolute Gasteiger partial charge is 0.276 e. The molecule has 0 saturated carbocycles. The number of carbonyl (C=O) groups excluding carboxylic acids is 1. The van der Waals surface area contributed by atoms with Crippen molar-refractivity contribution in [3.8, 4) is 0 Å². The van der Waals surface area contributed by atoms with Crippen molar-refractivity contribution in [2.75, 3.05) is 20.1 Å². The number of hydrogen-bond acceptors (Lipinski definition) is 6. The van der Waals surface area contributed by atoms with Gasteiger partial charge in [0.05, 0.1) is 18.8 Å². The summed E-state index contributed by atoms with van der Waals surface area (Å²) in [5.74, 6) is 0.461. The molecule has 1 aliphatic rings. The van der Waals surface area contributed by atoms with E-state index >= 15 is 0 Å². The van der Waals surface area contributed by atoms with Crippen molar-refractivity contribution in [3.63, 3.8) is 0 Å². The molecule has 2 aromatic rings. The third-order valence-corrected chi connectivity index (χ3v) is 3.61. The van der Waals surface area contributed by atoms with Crippen LogP contribution >= 0.6 is 0 Å². The zero-order chi connectivity index (χ0) is 14.7. The van der Waals surface area contributed by atoms with E-state index in [0.717, 1.165) is 25.9 Å². The molecule has 2 N–H and O–H groups in total. The Bertz CT molecular complexity index is 586. The van der Waals surface area contributed by atoms with Crippen LogP contribution in [0.1, 0.15) is 35.2 Å². The number of piperidine rings is 1. The highest BCUT2D eigenvalue weighted by Gasteiger charge is 2.21. The number of nitrogens with zero attached hydrogens (tertiary/aromatic N) is 6. The number of H-pyrrole nitrogens is 1. The monoisotopic (exact) mass is 290 g/mol. The molecule has 112 valence electrons. The molecule has 0 radical (unpaired) electrons. The van der Waals surface area contributed by atoms with Gasteiger partial charge < -0.3 is 10.2 Å². The summed E-state index contributed by atoms with van der Waals surface area (Å²) in [6.45, 7) is 2.30. The first-order valence-corrected chi connectivity index (χ1v) is 6.96. The fourth-order valence-electron chi connectivity index (χ4n) is 2.42. The van der Waals surface area contributed by atoms with Crippen LogP contribution in [0.25, 0.3) is 0 Å². The standard InChI is InChI=1S/C12H18N8O/c1-19(7-11-14-8-15-17-11)12(21)10-6-20(18-16-10)9-2-4-13-5-3-9/h6,8-9,13H,2-5,7H2,1H3,(H,14,15,17). The molecule has 0 unspecified atom stereocenters. The summed E-state index contributed by atoms with van der Waals surface area (Å²) in [5.41, 5.74) is 0.357. The van der Waals surface area contributed by atoms with Crippen LogP contribution in [0.3, 0.4) is 0 Å². The highest BCUT2D eigenvalue weighted by Crippen LogP contribution is 2.17. The van der Waals surface area contributed by atoms with E-state index in [1.165, 1.54) is 11.2 Å². The van der Waals surface area contributed by atoms with Crippen LogP contribution in [-0.4, -0.2) is 61.1 Å². The van der Waals surface area contributed by atoms with Crippen molar-refractivity contribution >= 4 is 5.91 Å². The van der Waals surface area contributed by atoms with Crippen LogP contribution in [0.4, 0.5) is 0 Å². The molecular weight excluding hydrogens is 272 g/mol. The largest absolute Gasteiger partial charge is 0.333 e. The van der Waals surface area contributed by atoms with Gasteiger partial charge in [0.2, 0.25) is 0 Å². The molecule has 0 atom stereocenters. The number of aromatic nitrogens is 6. The first kappa shape index (κ1) is 13.7. The molecule has 21 heavy (non-hydrogen) atoms. The number of nitrogens with one attached hydrogen (secondary N) is 2. The van der Waals surface area contributed by atoms with Crippen LogP contribution in [0.2, 0.25) is 0 Å². The summed E-state index contributed by atoms with van der Waals surface area (Å²) in [6, 6.07) is 0.319. The Morgan fingerprint density at radius 2 is 2.29 bits per heavy atom. The first-order chi connectivity index (χ1) is 10.2. The molecule has 1 aliphatic heterocycles. The number of rotatable bonds is 4. The zero-order valence-corrected chi connectivity index (χ0v) is 11.9. The van der Waals surface area contributed by atoms with Gasteiger partial charge in [-0.25, -0.2) is 9.67 Å². The summed E-state index contributed by atoms with van der Waals surface area (Å²) >= 11 is 0. The minimum atomic E-state index is -0.174. The summed E-state index contributed by atoms with van der Waals surface area (Å²) in [7, 11) is 1.70. The van der Waals surface area contributed by atoms with Crippen molar-refractivity contribution in [1.82, 2.24) is 40.4 Å². The average Bonchev–Trinajstić information content (AvgIpc) is 3.18. The number of hydrogen-bond donors (Lipinski definition) is 2. The van der Waals surface area contributed by atoms with Gasteiger partial charge in [0.25, 0.3) is 5.91 Å². The van der Waals surface area contributed by atoms with E-state index in [4.69, 9.17) is 0 Å². The van der Waals surface area contributed by atoms with Gasteiger partial charge in [-0.1, -0.05) is 5.21 Å². The van der Waals surface area contributed by atoms with Crippen molar-refractivity contribution < 1.29 is 4.79 Å². The van der Waals surface area contributed by atoms with Gasteiger partial charge in [-0.05, 0) is 25.9 Å². The number of aromatic amines is 1. The predicted molar refractivity (Wildman–Crippen MR) is 73.3 cm³/mol. The van der Waals surface area contributed by atoms with Gasteiger partial charge in [-0.2, -0.15) is 5.10 Å². The van der Waals surface area contributed by atoms with E-state index in [1.54, 1.807) is 17.9 Å². The van der Waals surface area contributed by atoms with Crippen molar-refractivity contribution in [3.05, 3.63) is 24.0 Å². The Balaban J connectivity index is 1.65. The van der Waals surface area contributed by atoms with E-state index in [1.807, 2.05) is 0 Å². The van der Waals surface area contributed by atoms with Gasteiger partial charge in [0.1, 0.15) is 12.2 Å². The van der Waals surface area contributed by atoms with Crippen molar-refractivity contribution in [1.29, 1.82) is 0 Å². The molecule has 1 saturated heterocycles. The maximum atomic E-state index is 12.3. The van der Waals surface area contributed by atoms with Gasteiger partial charge in [-0.3, -0.25) is 9.89 Å². The molecule has 0 aliphatic carbocycles. The Morgan fingerprint density at radius 1 is 1.48 bits per heavy atom. The van der Waals surface area contributed by atoms with Crippen molar-refractivity contribution in [2.45, 2.75) is 25.4 Å². The van der Waals surface area contributed by atoms with Crippen molar-refractivity contribution in [2.24, 2.45) is 0 Å². The summed E-state index contributed by atoms with van der Waals surface area (Å²) in [4.78, 5) is 17.8. The normalized spacial score (nSPS) is 16.0. The number of carbonyl (C=O) groups is 1. The van der Waals surface area contributed by atoms with Gasteiger partial charge in [0.15, 0.2) is 5.69 Å². The molecule has 2 aromatic heterocycles. The molecule has 9 nitrogen and oxygen atoms in total. The molecule has 9 heteroatoms. The molecule has 3 rings (SSSR count). The van der Waals surface area contributed by atoms with Crippen LogP contribution in [0.5, 0.6) is 0 Å². The third-order valence-electron chi connectivity index (χ3n) is 3.61. The molecule has 0 aromatic carbocycles. The highest BCUT2D eigenvalue weighted by atomic mass is 16.2. The van der Waals surface area contributed by atoms with Gasteiger partial charge in [0, 0.05) is 7.05 Å². The fraction of sp³-hybridized carbons (Fsp3) is 0.583. The second kappa shape index (κ2) is 6.00. The first-order valence-electron chi connectivity index (χ1n) is 6.96. The summed E-state index contributed by atoms with van der Waals surface area (Å²) in [5, 5.41) is 17.9. The average molecular weight is 290 g/mol. The van der Waals surface area contributed by atoms with Gasteiger partial charge >= 0.3 is 0 Å². The molecule has 1 amide bonds. The number of amides is 1. The van der Waals surface area contributed by atoms with Crippen LogP contribution in [0, 0.1) is 0 Å². The molecule has 1 fully saturated rings. The van der Waals surface area contributed by atoms with E-state index in [0.29, 0.717) is 24.1 Å². The lowest BCUT2D eigenvalue weighted by molar-refractivity contribution is 0.0775. The second-order valence-electron chi connectivity index (χ2n) is 5.16. The minimum absolute atomic E-state index is 0.174. The lowest BCUT2D eigenvalue weighted by Gasteiger charge is -2.22. The summed E-state index contributed by atoms with van der Waals surface area (Å²) < 4.78 is 1.80. The fourth-order valence-corrected chi connectivity index (χ4v) is 2.42. The Kier molecular flexibility index (Phi) is 3.91. The lowest BCUT2D eigenvalue weighted by atomic mass is 10.1. The van der Waals surface area contributed by atoms with Crippen LogP contribution < -0.4 is 5.32 Å². The van der Waals surface area contributed by atoms with Crippen LogP contribution in [0.15, 0.2) is 12.5 Å². The lowest BCUT2D eigenvalue weighted by Crippen LogP contribution is -2.29. The molecule has 0 spiro atoms. The summed E-state index contributed by atoms with van der Waals surface area (Å²) in [6.07, 6.45) is 5.16. The van der Waals surface area contributed by atoms with E-state index in [9.17, 15) is 4.79 Å². The zero-order valence-electron chi connectivity index (χ0n) is 11.9. The van der Waals surface area contributed by atoms with E-state index in [2.05, 4.69) is 30.8 Å². The predicted octanol–water partition coefficient (Wildman–Crippen LogP) is -0.407. The molecular formula is C12H18N8O. The van der Waals surface area contributed by atoms with Gasteiger partial charge in [-0.15, -0.1) is 5.10 Å². The Morgan fingerprint density at radius 3 is 3.00 bits per heavy atom. The SMILES string of the molecule is CN(Cc1ncn[nH]1)C(=O)c1cn(C2CCNCC2)nn1. The highest BCUT2D eigenvalue weighted by molar-refractivity contribution is 5.91. The Labute approximate surface area is 121 Å². The molecule has 3 heterocycles. The molecule has 0 bridgehead atoms.